The molecule has 1 amide bonds. The Morgan fingerprint density at radius 2 is 2.11 bits per heavy atom. The van der Waals surface area contributed by atoms with Crippen LogP contribution in [0.2, 0.25) is 0 Å². The number of hydrogen-bond acceptors (Lipinski definition) is 2. The number of rotatable bonds is 6. The maximum atomic E-state index is 12.0. The topological polar surface area (TPSA) is 55.1 Å². The lowest BCUT2D eigenvalue weighted by Gasteiger charge is -2.16. The Labute approximate surface area is 110 Å². The highest BCUT2D eigenvalue weighted by Crippen LogP contribution is 2.21. The van der Waals surface area contributed by atoms with Crippen molar-refractivity contribution in [2.75, 3.05) is 5.32 Å². The summed E-state index contributed by atoms with van der Waals surface area (Å²) in [6.45, 7) is 6.19. The van der Waals surface area contributed by atoms with Gasteiger partial charge in [-0.3, -0.25) is 4.79 Å². The number of para-hydroxylation sites is 1. The third kappa shape index (κ3) is 3.84. The molecule has 0 aliphatic rings. The van der Waals surface area contributed by atoms with Crippen molar-refractivity contribution in [1.82, 2.24) is 0 Å². The Morgan fingerprint density at radius 3 is 2.72 bits per heavy atom. The van der Waals surface area contributed by atoms with Crippen molar-refractivity contribution in [3.63, 3.8) is 0 Å². The number of carbonyl (C=O) groups is 1. The van der Waals surface area contributed by atoms with Crippen molar-refractivity contribution >= 4 is 11.6 Å². The maximum absolute atomic E-state index is 12.0. The summed E-state index contributed by atoms with van der Waals surface area (Å²) >= 11 is 0. The molecule has 100 valence electrons. The van der Waals surface area contributed by atoms with E-state index >= 15 is 0 Å². The highest BCUT2D eigenvalue weighted by atomic mass is 16.2. The molecular weight excluding hydrogens is 224 g/mol. The average Bonchev–Trinajstić information content (AvgIpc) is 2.38. The molecule has 0 saturated heterocycles. The molecule has 1 atom stereocenters. The lowest BCUT2D eigenvalue weighted by molar-refractivity contribution is -0.117. The van der Waals surface area contributed by atoms with Crippen LogP contribution in [-0.4, -0.2) is 11.9 Å². The lowest BCUT2D eigenvalue weighted by atomic mass is 10.0. The SMILES string of the molecule is CCCCC(N)C(=O)Nc1c(C)cccc1CC. The second-order valence-corrected chi connectivity index (χ2v) is 4.70. The minimum absolute atomic E-state index is 0.0764. The molecule has 0 saturated carbocycles. The number of nitrogens with two attached hydrogens (primary N) is 1. The molecule has 0 spiro atoms. The average molecular weight is 248 g/mol. The van der Waals surface area contributed by atoms with Gasteiger partial charge >= 0.3 is 0 Å². The fraction of sp³-hybridized carbons (Fsp3) is 0.533. The number of benzene rings is 1. The van der Waals surface area contributed by atoms with Crippen LogP contribution in [0.1, 0.15) is 44.2 Å². The Kier molecular flexibility index (Phi) is 5.86. The maximum Gasteiger partial charge on any atom is 0.241 e. The van der Waals surface area contributed by atoms with Crippen LogP contribution in [0.3, 0.4) is 0 Å². The van der Waals surface area contributed by atoms with Gasteiger partial charge in [-0.15, -0.1) is 0 Å². The molecule has 0 heterocycles. The predicted octanol–water partition coefficient (Wildman–Crippen LogP) is 3.01. The quantitative estimate of drug-likeness (QED) is 0.813. The van der Waals surface area contributed by atoms with E-state index < -0.39 is 6.04 Å². The van der Waals surface area contributed by atoms with E-state index in [1.807, 2.05) is 25.1 Å². The molecule has 1 rings (SSSR count). The summed E-state index contributed by atoms with van der Waals surface area (Å²) in [5, 5.41) is 2.97. The fourth-order valence-corrected chi connectivity index (χ4v) is 1.97. The first-order valence-electron chi connectivity index (χ1n) is 6.75. The number of unbranched alkanes of at least 4 members (excludes halogenated alkanes) is 1. The van der Waals surface area contributed by atoms with Gasteiger partial charge in [-0.1, -0.05) is 44.9 Å². The normalized spacial score (nSPS) is 12.2. The molecule has 3 heteroatoms. The van der Waals surface area contributed by atoms with Gasteiger partial charge in [0, 0.05) is 5.69 Å². The first-order chi connectivity index (χ1) is 8.60. The molecular formula is C15H24N2O. The molecule has 1 aromatic rings. The van der Waals surface area contributed by atoms with E-state index in [1.165, 1.54) is 0 Å². The Bertz CT molecular complexity index is 401. The van der Waals surface area contributed by atoms with Crippen molar-refractivity contribution in [2.45, 2.75) is 52.5 Å². The van der Waals surface area contributed by atoms with Gasteiger partial charge in [0.2, 0.25) is 5.91 Å². The molecule has 18 heavy (non-hydrogen) atoms. The largest absolute Gasteiger partial charge is 0.324 e. The Balaban J connectivity index is 2.75. The molecule has 0 aliphatic carbocycles. The first kappa shape index (κ1) is 14.7. The van der Waals surface area contributed by atoms with Crippen LogP contribution >= 0.6 is 0 Å². The molecule has 0 aromatic heterocycles. The number of aryl methyl sites for hydroxylation is 2. The second-order valence-electron chi connectivity index (χ2n) is 4.70. The zero-order valence-electron chi connectivity index (χ0n) is 11.6. The number of carbonyl (C=O) groups excluding carboxylic acids is 1. The van der Waals surface area contributed by atoms with Crippen LogP contribution in [0, 0.1) is 6.92 Å². The van der Waals surface area contributed by atoms with E-state index in [0.717, 1.165) is 42.5 Å². The van der Waals surface area contributed by atoms with Gasteiger partial charge in [-0.05, 0) is 30.9 Å². The molecule has 1 unspecified atom stereocenters. The minimum Gasteiger partial charge on any atom is -0.324 e. The summed E-state index contributed by atoms with van der Waals surface area (Å²) in [5.41, 5.74) is 9.06. The monoisotopic (exact) mass is 248 g/mol. The van der Waals surface area contributed by atoms with Crippen LogP contribution in [0.25, 0.3) is 0 Å². The van der Waals surface area contributed by atoms with Gasteiger partial charge in [-0.25, -0.2) is 0 Å². The summed E-state index contributed by atoms with van der Waals surface area (Å²) in [5.74, 6) is -0.0764. The second kappa shape index (κ2) is 7.17. The highest BCUT2D eigenvalue weighted by Gasteiger charge is 2.15. The van der Waals surface area contributed by atoms with E-state index in [1.54, 1.807) is 0 Å². The Morgan fingerprint density at radius 1 is 1.39 bits per heavy atom. The van der Waals surface area contributed by atoms with Gasteiger partial charge in [0.1, 0.15) is 0 Å². The number of anilines is 1. The molecule has 1 aromatic carbocycles. The third-order valence-electron chi connectivity index (χ3n) is 3.19. The molecule has 3 nitrogen and oxygen atoms in total. The number of hydrogen-bond donors (Lipinski definition) is 2. The molecule has 0 aliphatic heterocycles. The molecule has 0 bridgehead atoms. The van der Waals surface area contributed by atoms with E-state index in [0.29, 0.717) is 0 Å². The number of nitrogens with one attached hydrogen (secondary N) is 1. The third-order valence-corrected chi connectivity index (χ3v) is 3.19. The van der Waals surface area contributed by atoms with Crippen LogP contribution in [0.4, 0.5) is 5.69 Å². The van der Waals surface area contributed by atoms with Crippen molar-refractivity contribution in [2.24, 2.45) is 5.73 Å². The fourth-order valence-electron chi connectivity index (χ4n) is 1.97. The van der Waals surface area contributed by atoms with Gasteiger partial charge in [0.15, 0.2) is 0 Å². The first-order valence-corrected chi connectivity index (χ1v) is 6.75. The van der Waals surface area contributed by atoms with Crippen LogP contribution < -0.4 is 11.1 Å². The zero-order chi connectivity index (χ0) is 13.5. The summed E-state index contributed by atoms with van der Waals surface area (Å²) in [4.78, 5) is 12.0. The molecule has 3 N–H and O–H groups in total. The van der Waals surface area contributed by atoms with Crippen molar-refractivity contribution in [3.05, 3.63) is 29.3 Å². The summed E-state index contributed by atoms with van der Waals surface area (Å²) in [6.07, 6.45) is 3.70. The van der Waals surface area contributed by atoms with Crippen molar-refractivity contribution in [3.8, 4) is 0 Å². The van der Waals surface area contributed by atoms with Crippen molar-refractivity contribution in [1.29, 1.82) is 0 Å². The molecule has 0 radical (unpaired) electrons. The number of amides is 1. The van der Waals surface area contributed by atoms with E-state index in [4.69, 9.17) is 5.73 Å². The predicted molar refractivity (Wildman–Crippen MR) is 76.7 cm³/mol. The smallest absolute Gasteiger partial charge is 0.241 e. The standard InChI is InChI=1S/C15H24N2O/c1-4-6-10-13(16)15(18)17-14-11(3)8-7-9-12(14)5-2/h7-9,13H,4-6,10,16H2,1-3H3,(H,17,18). The van der Waals surface area contributed by atoms with E-state index in [-0.39, 0.29) is 5.91 Å². The minimum atomic E-state index is -0.408. The van der Waals surface area contributed by atoms with Gasteiger partial charge < -0.3 is 11.1 Å². The highest BCUT2D eigenvalue weighted by molar-refractivity contribution is 5.96. The van der Waals surface area contributed by atoms with E-state index in [9.17, 15) is 4.79 Å². The van der Waals surface area contributed by atoms with Crippen LogP contribution in [0.15, 0.2) is 18.2 Å². The summed E-state index contributed by atoms with van der Waals surface area (Å²) < 4.78 is 0. The summed E-state index contributed by atoms with van der Waals surface area (Å²) in [7, 11) is 0. The van der Waals surface area contributed by atoms with Crippen LogP contribution in [-0.2, 0) is 11.2 Å². The molecule has 0 fully saturated rings. The van der Waals surface area contributed by atoms with Gasteiger partial charge in [-0.2, -0.15) is 0 Å². The lowest BCUT2D eigenvalue weighted by Crippen LogP contribution is -2.35. The Hall–Kier alpha value is -1.35. The van der Waals surface area contributed by atoms with Crippen LogP contribution in [0.5, 0.6) is 0 Å². The van der Waals surface area contributed by atoms with Gasteiger partial charge in [0.25, 0.3) is 0 Å². The van der Waals surface area contributed by atoms with Gasteiger partial charge in [0.05, 0.1) is 6.04 Å². The zero-order valence-corrected chi connectivity index (χ0v) is 11.6. The van der Waals surface area contributed by atoms with Crippen molar-refractivity contribution < 1.29 is 4.79 Å². The summed E-state index contributed by atoms with van der Waals surface area (Å²) in [6, 6.07) is 5.65. The van der Waals surface area contributed by atoms with E-state index in [2.05, 4.69) is 19.2 Å².